The maximum Gasteiger partial charge on any atom is 0.472 e. The number of phosphoric ester groups is 1. The van der Waals surface area contributed by atoms with Crippen LogP contribution >= 0.6 is 7.82 Å². The summed E-state index contributed by atoms with van der Waals surface area (Å²) in [6.07, 6.45) is 95.4. The smallest absolute Gasteiger partial charge is 0.456 e. The SMILES string of the molecule is CC/C=C\C/C=C\C/C=C\C/C=C\C/C=C\C/C=C\CCCCCCCCCCC(=O)NC(COP(=O)(O)OCC[N+](C)(C)C)C(/C=C\CCCCCCCCCCCCC)OC(=O)CCCC/C=C\C/C=C\C/C=C\C/C=C\C/C=C\C/C=C\CC. The quantitative estimate of drug-likeness (QED) is 0.0205. The number of hydrogen-bond acceptors (Lipinski definition) is 6. The fourth-order valence-corrected chi connectivity index (χ4v) is 9.92. The van der Waals surface area contributed by atoms with E-state index >= 15 is 0 Å². The van der Waals surface area contributed by atoms with E-state index in [1.807, 2.05) is 33.3 Å². The molecule has 0 aromatic heterocycles. The molecule has 0 aromatic rings. The minimum atomic E-state index is -4.48. The molecule has 87 heavy (non-hydrogen) atoms. The van der Waals surface area contributed by atoms with Gasteiger partial charge in [0.25, 0.3) is 0 Å². The van der Waals surface area contributed by atoms with E-state index in [2.05, 4.69) is 172 Å². The Labute approximate surface area is 535 Å². The molecular formula is C77H130N2O7P+. The van der Waals surface area contributed by atoms with Crippen molar-refractivity contribution in [2.24, 2.45) is 0 Å². The molecule has 0 aliphatic rings. The number of rotatable bonds is 61. The molecule has 0 bridgehead atoms. The van der Waals surface area contributed by atoms with Crippen LogP contribution in [-0.4, -0.2) is 74.3 Å². The van der Waals surface area contributed by atoms with Crippen LogP contribution in [0.2, 0.25) is 0 Å². The number of carbonyl (C=O) groups is 2. The normalized spacial score (nSPS) is 14.5. The number of esters is 1. The highest BCUT2D eigenvalue weighted by Gasteiger charge is 2.30. The number of amides is 1. The Bertz CT molecular complexity index is 2050. The average Bonchev–Trinajstić information content (AvgIpc) is 3.69. The molecule has 0 heterocycles. The van der Waals surface area contributed by atoms with Gasteiger partial charge in [-0.15, -0.1) is 0 Å². The Morgan fingerprint density at radius 2 is 0.736 bits per heavy atom. The molecule has 0 aromatic carbocycles. The zero-order valence-corrected chi connectivity index (χ0v) is 57.3. The largest absolute Gasteiger partial charge is 0.472 e. The number of ether oxygens (including phenoxy) is 1. The van der Waals surface area contributed by atoms with Crippen molar-refractivity contribution in [3.63, 3.8) is 0 Å². The minimum absolute atomic E-state index is 0.0223. The summed E-state index contributed by atoms with van der Waals surface area (Å²) in [6.45, 7) is 6.74. The third-order valence-electron chi connectivity index (χ3n) is 14.5. The number of likely N-dealkylation sites (N-methyl/N-ethyl adjacent to an activating group) is 1. The van der Waals surface area contributed by atoms with Crippen molar-refractivity contribution in [2.75, 3.05) is 40.9 Å². The number of nitrogens with zero attached hydrogens (tertiary/aromatic N) is 1. The number of nitrogens with one attached hydrogen (secondary N) is 1. The molecule has 1 amide bonds. The van der Waals surface area contributed by atoms with Crippen LogP contribution in [0.25, 0.3) is 0 Å². The number of hydrogen-bond donors (Lipinski definition) is 2. The molecule has 9 nitrogen and oxygen atoms in total. The first-order chi connectivity index (χ1) is 42.4. The van der Waals surface area contributed by atoms with Gasteiger partial charge in [0.1, 0.15) is 19.3 Å². The fourth-order valence-electron chi connectivity index (χ4n) is 9.18. The maximum atomic E-state index is 13.6. The number of allylic oxidation sites excluding steroid dienone is 25. The average molecular weight is 1230 g/mol. The van der Waals surface area contributed by atoms with Crippen LogP contribution in [0.5, 0.6) is 0 Å². The molecule has 0 aliphatic heterocycles. The molecule has 10 heteroatoms. The molecule has 0 saturated heterocycles. The summed E-state index contributed by atoms with van der Waals surface area (Å²) in [4.78, 5) is 37.9. The van der Waals surface area contributed by atoms with Crippen LogP contribution in [-0.2, 0) is 27.9 Å². The van der Waals surface area contributed by atoms with Gasteiger partial charge in [-0.2, -0.15) is 0 Å². The van der Waals surface area contributed by atoms with E-state index < -0.39 is 20.0 Å². The van der Waals surface area contributed by atoms with Crippen molar-refractivity contribution in [3.05, 3.63) is 158 Å². The maximum absolute atomic E-state index is 13.6. The number of unbranched alkanes of at least 4 members (excludes halogenated alkanes) is 21. The molecule has 0 fully saturated rings. The second kappa shape index (κ2) is 64.6. The summed E-state index contributed by atoms with van der Waals surface area (Å²) in [5, 5.41) is 3.05. The van der Waals surface area contributed by atoms with E-state index in [1.54, 1.807) is 0 Å². The summed E-state index contributed by atoms with van der Waals surface area (Å²) in [5.41, 5.74) is 0. The first-order valence-electron chi connectivity index (χ1n) is 34.8. The summed E-state index contributed by atoms with van der Waals surface area (Å²) < 4.78 is 30.8. The topological polar surface area (TPSA) is 111 Å². The zero-order chi connectivity index (χ0) is 63.5. The lowest BCUT2D eigenvalue weighted by molar-refractivity contribution is -0.870. The lowest BCUT2D eigenvalue weighted by Gasteiger charge is -2.27. The van der Waals surface area contributed by atoms with Crippen molar-refractivity contribution in [2.45, 2.75) is 277 Å². The molecule has 0 aliphatic carbocycles. The molecule has 0 saturated carbocycles. The second-order valence-electron chi connectivity index (χ2n) is 23.9. The molecular weight excluding hydrogens is 1100 g/mol. The van der Waals surface area contributed by atoms with Gasteiger partial charge in [0.2, 0.25) is 5.91 Å². The van der Waals surface area contributed by atoms with Crippen molar-refractivity contribution in [1.82, 2.24) is 5.32 Å². The van der Waals surface area contributed by atoms with Gasteiger partial charge < -0.3 is 19.4 Å². The molecule has 0 rings (SSSR count). The third-order valence-corrected chi connectivity index (χ3v) is 15.4. The van der Waals surface area contributed by atoms with Gasteiger partial charge >= 0.3 is 13.8 Å². The van der Waals surface area contributed by atoms with E-state index in [-0.39, 0.29) is 31.5 Å². The van der Waals surface area contributed by atoms with Crippen LogP contribution in [0.1, 0.15) is 265 Å². The Morgan fingerprint density at radius 1 is 0.414 bits per heavy atom. The Hall–Kier alpha value is -4.37. The van der Waals surface area contributed by atoms with E-state index in [9.17, 15) is 19.0 Å². The molecule has 494 valence electrons. The monoisotopic (exact) mass is 1230 g/mol. The van der Waals surface area contributed by atoms with E-state index in [0.717, 1.165) is 141 Å². The molecule has 3 atom stereocenters. The van der Waals surface area contributed by atoms with Crippen molar-refractivity contribution in [3.8, 4) is 0 Å². The molecule has 3 unspecified atom stereocenters. The van der Waals surface area contributed by atoms with Gasteiger partial charge in [0.15, 0.2) is 0 Å². The van der Waals surface area contributed by atoms with E-state index in [1.165, 1.54) is 83.5 Å². The third kappa shape index (κ3) is 65.9. The highest BCUT2D eigenvalue weighted by molar-refractivity contribution is 7.47. The predicted octanol–water partition coefficient (Wildman–Crippen LogP) is 22.3. The lowest BCUT2D eigenvalue weighted by atomic mass is 10.0. The van der Waals surface area contributed by atoms with Crippen molar-refractivity contribution in [1.29, 1.82) is 0 Å². The molecule has 0 spiro atoms. The summed E-state index contributed by atoms with van der Waals surface area (Å²) in [6, 6.07) is -0.885. The fraction of sp³-hybridized carbons (Fsp3) is 0.636. The summed E-state index contributed by atoms with van der Waals surface area (Å²) in [7, 11) is 1.44. The molecule has 2 N–H and O–H groups in total. The van der Waals surface area contributed by atoms with Gasteiger partial charge in [0, 0.05) is 12.8 Å². The Morgan fingerprint density at radius 3 is 1.11 bits per heavy atom. The number of phosphoric acid groups is 1. The lowest BCUT2D eigenvalue weighted by Crippen LogP contribution is -2.47. The Balaban J connectivity index is 5.24. The first kappa shape index (κ1) is 82.6. The highest BCUT2D eigenvalue weighted by Crippen LogP contribution is 2.43. The standard InChI is InChI=1S/C77H129N2O7P/c1-7-10-13-16-19-22-25-28-30-32-34-36-37-38-39-40-41-43-44-46-48-51-54-57-60-63-66-69-76(80)78-74(73-85-87(82,83)84-72-71-79(4,5)6)75(68-65-62-59-56-53-50-27-24-21-18-15-12-9-3)86-77(81)70-67-64-61-58-55-52-49-47-45-42-35-33-31-29-26-23-20-17-14-11-8-2/h10-11,13-14,19-20,22-23,28-31,34-36,38-39,41-43,47,49,55,58,65,68,74-75H,7-9,12,15-18,21,24-27,32-33,37,40,44-46,48,50-54,56-57,59-64,66-67,69-73H2,1-6H3,(H-,78,80,82,83)/p+1/b13-10-,14-11-,22-19-,23-20-,30-28-,31-29-,36-34-,39-38-,42-35-,43-41-,49-47-,58-55-,68-65-. The van der Waals surface area contributed by atoms with E-state index in [4.69, 9.17) is 13.8 Å². The van der Waals surface area contributed by atoms with Crippen LogP contribution in [0, 0.1) is 0 Å². The van der Waals surface area contributed by atoms with Crippen LogP contribution in [0.15, 0.2) is 158 Å². The number of carbonyl (C=O) groups excluding carboxylic acids is 2. The van der Waals surface area contributed by atoms with Gasteiger partial charge in [-0.25, -0.2) is 4.57 Å². The zero-order valence-electron chi connectivity index (χ0n) is 56.4. The van der Waals surface area contributed by atoms with Crippen LogP contribution in [0.3, 0.4) is 0 Å². The van der Waals surface area contributed by atoms with Gasteiger partial charge in [-0.05, 0) is 134 Å². The highest BCUT2D eigenvalue weighted by atomic mass is 31.2. The van der Waals surface area contributed by atoms with Crippen LogP contribution < -0.4 is 5.32 Å². The van der Waals surface area contributed by atoms with Crippen LogP contribution in [0.4, 0.5) is 0 Å². The minimum Gasteiger partial charge on any atom is -0.456 e. The van der Waals surface area contributed by atoms with Gasteiger partial charge in [0.05, 0.1) is 33.8 Å². The summed E-state index contributed by atoms with van der Waals surface area (Å²) in [5.74, 6) is -0.575. The van der Waals surface area contributed by atoms with Crippen molar-refractivity contribution < 1.29 is 37.3 Å². The van der Waals surface area contributed by atoms with Gasteiger partial charge in [-0.3, -0.25) is 18.6 Å². The molecule has 0 radical (unpaired) electrons. The Kier molecular flexibility index (Phi) is 61.4. The van der Waals surface area contributed by atoms with Crippen molar-refractivity contribution >= 4 is 19.7 Å². The number of quaternary nitrogens is 1. The van der Waals surface area contributed by atoms with E-state index in [0.29, 0.717) is 23.9 Å². The first-order valence-corrected chi connectivity index (χ1v) is 36.3. The second-order valence-corrected chi connectivity index (χ2v) is 25.4. The van der Waals surface area contributed by atoms with Gasteiger partial charge in [-0.1, -0.05) is 275 Å². The predicted molar refractivity (Wildman–Crippen MR) is 378 cm³/mol. The summed E-state index contributed by atoms with van der Waals surface area (Å²) >= 11 is 0.